The fraction of sp³-hybridized carbons (Fsp3) is 0.333. The fourth-order valence-electron chi connectivity index (χ4n) is 2.53. The maximum Gasteiger partial charge on any atom is 0.277 e. The van der Waals surface area contributed by atoms with Crippen molar-refractivity contribution in [3.8, 4) is 5.75 Å². The van der Waals surface area contributed by atoms with Crippen LogP contribution in [0.1, 0.15) is 23.3 Å². The number of hydrogen-bond acceptors (Lipinski definition) is 5. The molecule has 0 saturated carbocycles. The number of benzene rings is 1. The minimum Gasteiger partial charge on any atom is -0.494 e. The summed E-state index contributed by atoms with van der Waals surface area (Å²) < 4.78 is 6.82. The van der Waals surface area contributed by atoms with Crippen molar-refractivity contribution in [3.05, 3.63) is 30.1 Å². The minimum atomic E-state index is -0.356. The molecule has 0 spiro atoms. The van der Waals surface area contributed by atoms with Crippen LogP contribution < -0.4 is 15.0 Å². The molecule has 0 aliphatic carbocycles. The highest BCUT2D eigenvalue weighted by Gasteiger charge is 2.24. The second-order valence-corrected chi connectivity index (χ2v) is 5.27. The molecule has 1 fully saturated rings. The second kappa shape index (κ2) is 6.07. The Hall–Kier alpha value is -2.90. The van der Waals surface area contributed by atoms with Crippen LogP contribution in [-0.2, 0) is 11.8 Å². The normalized spacial score (nSPS) is 14.2. The molecular weight excluding hydrogens is 298 g/mol. The molecular formula is C15H17N5O3. The van der Waals surface area contributed by atoms with Gasteiger partial charge < -0.3 is 15.0 Å². The van der Waals surface area contributed by atoms with E-state index >= 15 is 0 Å². The molecule has 2 aromatic rings. The average molecular weight is 315 g/mol. The minimum absolute atomic E-state index is 0.0830. The molecule has 1 saturated heterocycles. The van der Waals surface area contributed by atoms with Gasteiger partial charge in [-0.3, -0.25) is 14.3 Å². The first kappa shape index (κ1) is 15.0. The lowest BCUT2D eigenvalue weighted by molar-refractivity contribution is -0.117. The van der Waals surface area contributed by atoms with E-state index in [1.165, 1.54) is 18.0 Å². The van der Waals surface area contributed by atoms with Crippen LogP contribution in [0, 0.1) is 0 Å². The van der Waals surface area contributed by atoms with Gasteiger partial charge in [-0.1, -0.05) is 5.21 Å². The highest BCUT2D eigenvalue weighted by molar-refractivity contribution is 6.03. The van der Waals surface area contributed by atoms with Crippen LogP contribution >= 0.6 is 0 Å². The molecule has 1 aromatic carbocycles. The first-order valence-electron chi connectivity index (χ1n) is 7.24. The number of nitrogens with zero attached hydrogens (tertiary/aromatic N) is 4. The lowest BCUT2D eigenvalue weighted by Gasteiger charge is -2.19. The van der Waals surface area contributed by atoms with Gasteiger partial charge in [0, 0.05) is 31.8 Å². The van der Waals surface area contributed by atoms with E-state index in [-0.39, 0.29) is 17.5 Å². The van der Waals surface area contributed by atoms with Gasteiger partial charge in [0.15, 0.2) is 5.69 Å². The number of carbonyl (C=O) groups excluding carboxylic acids is 2. The Bertz CT molecular complexity index is 755. The van der Waals surface area contributed by atoms with E-state index in [0.717, 1.165) is 6.42 Å². The monoisotopic (exact) mass is 315 g/mol. The fourth-order valence-corrected chi connectivity index (χ4v) is 2.53. The van der Waals surface area contributed by atoms with E-state index in [1.807, 2.05) is 0 Å². The predicted molar refractivity (Wildman–Crippen MR) is 83.5 cm³/mol. The van der Waals surface area contributed by atoms with Gasteiger partial charge in [0.05, 0.1) is 19.0 Å². The van der Waals surface area contributed by atoms with E-state index in [4.69, 9.17) is 4.74 Å². The third-order valence-corrected chi connectivity index (χ3v) is 3.64. The Morgan fingerprint density at radius 1 is 1.39 bits per heavy atom. The summed E-state index contributed by atoms with van der Waals surface area (Å²) in [7, 11) is 3.22. The Balaban J connectivity index is 1.81. The summed E-state index contributed by atoms with van der Waals surface area (Å²) in [5.41, 5.74) is 1.51. The van der Waals surface area contributed by atoms with E-state index in [9.17, 15) is 9.59 Å². The maximum absolute atomic E-state index is 12.1. The van der Waals surface area contributed by atoms with Crippen LogP contribution in [0.3, 0.4) is 0 Å². The Morgan fingerprint density at radius 2 is 2.22 bits per heavy atom. The van der Waals surface area contributed by atoms with Crippen molar-refractivity contribution < 1.29 is 14.3 Å². The van der Waals surface area contributed by atoms with Crippen LogP contribution in [0.2, 0.25) is 0 Å². The molecule has 1 aromatic heterocycles. The molecule has 0 unspecified atom stereocenters. The summed E-state index contributed by atoms with van der Waals surface area (Å²) in [6.45, 7) is 0.681. The number of rotatable bonds is 4. The molecule has 2 heterocycles. The van der Waals surface area contributed by atoms with Gasteiger partial charge in [0.25, 0.3) is 5.91 Å². The first-order chi connectivity index (χ1) is 11.1. The molecule has 1 aliphatic rings. The van der Waals surface area contributed by atoms with Crippen molar-refractivity contribution in [1.29, 1.82) is 0 Å². The Labute approximate surface area is 133 Å². The molecule has 8 heteroatoms. The van der Waals surface area contributed by atoms with Crippen LogP contribution in [0.5, 0.6) is 5.75 Å². The molecule has 120 valence electrons. The summed E-state index contributed by atoms with van der Waals surface area (Å²) in [5, 5.41) is 10.2. The number of nitrogens with one attached hydrogen (secondary N) is 1. The van der Waals surface area contributed by atoms with Gasteiger partial charge in [0.1, 0.15) is 5.75 Å². The largest absolute Gasteiger partial charge is 0.494 e. The van der Waals surface area contributed by atoms with Crippen molar-refractivity contribution in [2.24, 2.45) is 7.05 Å². The third kappa shape index (κ3) is 3.01. The lowest BCUT2D eigenvalue weighted by Crippen LogP contribution is -2.24. The quantitative estimate of drug-likeness (QED) is 0.916. The molecule has 0 atom stereocenters. The average Bonchev–Trinajstić information content (AvgIpc) is 3.16. The topological polar surface area (TPSA) is 89.3 Å². The lowest BCUT2D eigenvalue weighted by atomic mass is 10.2. The van der Waals surface area contributed by atoms with Gasteiger partial charge in [-0.2, -0.15) is 0 Å². The van der Waals surface area contributed by atoms with Crippen molar-refractivity contribution in [1.82, 2.24) is 15.0 Å². The van der Waals surface area contributed by atoms with Crippen LogP contribution in [0.4, 0.5) is 11.4 Å². The van der Waals surface area contributed by atoms with Gasteiger partial charge in [0.2, 0.25) is 5.91 Å². The van der Waals surface area contributed by atoms with Crippen LogP contribution in [0.25, 0.3) is 0 Å². The first-order valence-corrected chi connectivity index (χ1v) is 7.24. The standard InChI is InChI=1S/C15H17N5O3/c1-19-9-11(17-18-19)15(22)16-10-5-6-12(13(8-10)23-2)20-7-3-4-14(20)21/h5-6,8-9H,3-4,7H2,1-2H3,(H,16,22). The predicted octanol–water partition coefficient (Wildman–Crippen LogP) is 1.20. The molecule has 1 aliphatic heterocycles. The van der Waals surface area contributed by atoms with Crippen molar-refractivity contribution in [2.75, 3.05) is 23.9 Å². The summed E-state index contributed by atoms with van der Waals surface area (Å²) in [6.07, 6.45) is 2.92. The SMILES string of the molecule is COc1cc(NC(=O)c2cn(C)nn2)ccc1N1CCCC1=O. The summed E-state index contributed by atoms with van der Waals surface area (Å²) in [4.78, 5) is 25.7. The molecule has 0 radical (unpaired) electrons. The third-order valence-electron chi connectivity index (χ3n) is 3.64. The number of carbonyl (C=O) groups is 2. The second-order valence-electron chi connectivity index (χ2n) is 5.27. The number of aromatic nitrogens is 3. The Kier molecular flexibility index (Phi) is 3.96. The zero-order valence-corrected chi connectivity index (χ0v) is 12.9. The molecule has 23 heavy (non-hydrogen) atoms. The van der Waals surface area contributed by atoms with Crippen molar-refractivity contribution >= 4 is 23.2 Å². The van der Waals surface area contributed by atoms with E-state index < -0.39 is 0 Å². The molecule has 0 bridgehead atoms. The number of methoxy groups -OCH3 is 1. The number of anilines is 2. The zero-order chi connectivity index (χ0) is 16.4. The molecule has 8 nitrogen and oxygen atoms in total. The van der Waals surface area contributed by atoms with E-state index in [0.29, 0.717) is 30.1 Å². The molecule has 1 N–H and O–H groups in total. The van der Waals surface area contributed by atoms with E-state index in [2.05, 4.69) is 15.6 Å². The number of hydrogen-bond donors (Lipinski definition) is 1. The summed E-state index contributed by atoms with van der Waals surface area (Å²) >= 11 is 0. The summed E-state index contributed by atoms with van der Waals surface area (Å²) in [6, 6.07) is 5.20. The van der Waals surface area contributed by atoms with Gasteiger partial charge >= 0.3 is 0 Å². The molecule has 3 rings (SSSR count). The smallest absolute Gasteiger partial charge is 0.277 e. The van der Waals surface area contributed by atoms with Crippen LogP contribution in [0.15, 0.2) is 24.4 Å². The van der Waals surface area contributed by atoms with Gasteiger partial charge in [-0.15, -0.1) is 5.10 Å². The van der Waals surface area contributed by atoms with Crippen LogP contribution in [-0.4, -0.2) is 40.5 Å². The van der Waals surface area contributed by atoms with Gasteiger partial charge in [-0.25, -0.2) is 0 Å². The zero-order valence-electron chi connectivity index (χ0n) is 12.9. The number of ether oxygens (including phenoxy) is 1. The maximum atomic E-state index is 12.1. The summed E-state index contributed by atoms with van der Waals surface area (Å²) in [5.74, 6) is 0.266. The molecule has 2 amide bonds. The Morgan fingerprint density at radius 3 is 2.83 bits per heavy atom. The van der Waals surface area contributed by atoms with Crippen molar-refractivity contribution in [3.63, 3.8) is 0 Å². The van der Waals surface area contributed by atoms with E-state index in [1.54, 1.807) is 30.1 Å². The number of aryl methyl sites for hydroxylation is 1. The highest BCUT2D eigenvalue weighted by Crippen LogP contribution is 2.33. The van der Waals surface area contributed by atoms with Gasteiger partial charge in [-0.05, 0) is 18.6 Å². The number of amides is 2. The highest BCUT2D eigenvalue weighted by atomic mass is 16.5. The van der Waals surface area contributed by atoms with Crippen molar-refractivity contribution in [2.45, 2.75) is 12.8 Å².